The third-order valence-electron chi connectivity index (χ3n) is 2.13. The maximum atomic E-state index is 12.8. The second-order valence-electron chi connectivity index (χ2n) is 2.82. The van der Waals surface area contributed by atoms with Gasteiger partial charge in [0.05, 0.1) is 18.8 Å². The number of aliphatic hydroxyl groups is 1. The Kier molecular flexibility index (Phi) is 1.40. The number of hydrogen-bond donors (Lipinski definition) is 2. The van der Waals surface area contributed by atoms with Crippen LogP contribution < -0.4 is 5.32 Å². The van der Waals surface area contributed by atoms with Crippen LogP contribution in [0.2, 0.25) is 0 Å². The van der Waals surface area contributed by atoms with E-state index in [1.165, 1.54) is 0 Å². The van der Waals surface area contributed by atoms with E-state index in [0.29, 0.717) is 6.54 Å². The molecular weight excluding hydrogens is 137 g/mol. The summed E-state index contributed by atoms with van der Waals surface area (Å²) in [6.45, 7) is 0.579. The molecule has 0 radical (unpaired) electrons. The molecule has 0 spiro atoms. The highest BCUT2D eigenvalue weighted by atomic mass is 19.1. The molecule has 0 aromatic heterocycles. The van der Waals surface area contributed by atoms with Gasteiger partial charge in [0.1, 0.15) is 12.3 Å². The Bertz CT molecular complexity index is 128. The fraction of sp³-hybridized carbons (Fsp3) is 1.00. The summed E-state index contributed by atoms with van der Waals surface area (Å²) in [5.74, 6) is 0. The first-order valence-electron chi connectivity index (χ1n) is 3.46. The third kappa shape index (κ3) is 0.761. The standard InChI is InChI=1S/C6H10FNO2/c7-3-1-8-5-4(9)2-10-6(3)5/h3-6,8-9H,1-2H2/t3-,4-,5+,6+/m0/s1. The first kappa shape index (κ1) is 6.52. The average molecular weight is 147 g/mol. The molecule has 2 heterocycles. The van der Waals surface area contributed by atoms with E-state index in [0.717, 1.165) is 0 Å². The van der Waals surface area contributed by atoms with Gasteiger partial charge in [-0.2, -0.15) is 0 Å². The number of nitrogens with one attached hydrogen (secondary N) is 1. The van der Waals surface area contributed by atoms with Crippen LogP contribution in [-0.4, -0.2) is 42.7 Å². The van der Waals surface area contributed by atoms with Gasteiger partial charge >= 0.3 is 0 Å². The minimum absolute atomic E-state index is 0.171. The first-order chi connectivity index (χ1) is 4.79. The monoisotopic (exact) mass is 147 g/mol. The number of alkyl halides is 1. The van der Waals surface area contributed by atoms with E-state index in [-0.39, 0.29) is 12.6 Å². The number of hydrogen-bond acceptors (Lipinski definition) is 3. The van der Waals surface area contributed by atoms with Gasteiger partial charge in [-0.15, -0.1) is 0 Å². The summed E-state index contributed by atoms with van der Waals surface area (Å²) in [7, 11) is 0. The average Bonchev–Trinajstić information content (AvgIpc) is 2.41. The van der Waals surface area contributed by atoms with Crippen molar-refractivity contribution in [3.63, 3.8) is 0 Å². The molecule has 2 fully saturated rings. The predicted octanol–water partition coefficient (Wildman–Crippen LogP) is -0.944. The van der Waals surface area contributed by atoms with E-state index < -0.39 is 18.4 Å². The highest BCUT2D eigenvalue weighted by molar-refractivity contribution is 4.99. The summed E-state index contributed by atoms with van der Waals surface area (Å²) >= 11 is 0. The van der Waals surface area contributed by atoms with Crippen LogP contribution in [-0.2, 0) is 4.74 Å². The van der Waals surface area contributed by atoms with Crippen LogP contribution in [0.1, 0.15) is 0 Å². The van der Waals surface area contributed by atoms with Crippen molar-refractivity contribution < 1.29 is 14.2 Å². The van der Waals surface area contributed by atoms with Gasteiger partial charge in [-0.1, -0.05) is 0 Å². The summed E-state index contributed by atoms with van der Waals surface area (Å²) in [4.78, 5) is 0. The van der Waals surface area contributed by atoms with E-state index in [2.05, 4.69) is 5.32 Å². The van der Waals surface area contributed by atoms with E-state index >= 15 is 0 Å². The second-order valence-corrected chi connectivity index (χ2v) is 2.82. The van der Waals surface area contributed by atoms with E-state index in [4.69, 9.17) is 9.84 Å². The molecule has 2 aliphatic rings. The van der Waals surface area contributed by atoms with Crippen molar-refractivity contribution in [2.75, 3.05) is 13.2 Å². The van der Waals surface area contributed by atoms with Crippen molar-refractivity contribution in [1.82, 2.24) is 5.32 Å². The number of rotatable bonds is 0. The Labute approximate surface area is 58.2 Å². The van der Waals surface area contributed by atoms with Crippen LogP contribution in [0.25, 0.3) is 0 Å². The maximum Gasteiger partial charge on any atom is 0.140 e. The van der Waals surface area contributed by atoms with Crippen LogP contribution in [0.4, 0.5) is 4.39 Å². The summed E-state index contributed by atoms with van der Waals surface area (Å²) < 4.78 is 17.8. The van der Waals surface area contributed by atoms with Crippen LogP contribution in [0.3, 0.4) is 0 Å². The highest BCUT2D eigenvalue weighted by Gasteiger charge is 2.45. The Balaban J connectivity index is 2.09. The van der Waals surface area contributed by atoms with Crippen LogP contribution in [0, 0.1) is 0 Å². The summed E-state index contributed by atoms with van der Waals surface area (Å²) in [6.07, 6.45) is -1.87. The molecular formula is C6H10FNO2. The molecule has 0 saturated carbocycles. The zero-order chi connectivity index (χ0) is 7.14. The molecule has 0 aromatic carbocycles. The number of fused-ring (bicyclic) bond motifs is 1. The molecule has 0 amide bonds. The van der Waals surface area contributed by atoms with Crippen molar-refractivity contribution in [2.45, 2.75) is 24.4 Å². The van der Waals surface area contributed by atoms with Gasteiger partial charge in [-0.05, 0) is 0 Å². The lowest BCUT2D eigenvalue weighted by Gasteiger charge is -2.09. The van der Waals surface area contributed by atoms with Crippen molar-refractivity contribution in [1.29, 1.82) is 0 Å². The molecule has 0 aliphatic carbocycles. The smallest absolute Gasteiger partial charge is 0.140 e. The largest absolute Gasteiger partial charge is 0.389 e. The number of aliphatic hydroxyl groups excluding tert-OH is 1. The molecule has 58 valence electrons. The fourth-order valence-corrected chi connectivity index (χ4v) is 1.58. The molecule has 2 rings (SSSR count). The normalized spacial score (nSPS) is 53.4. The molecule has 3 nitrogen and oxygen atoms in total. The zero-order valence-electron chi connectivity index (χ0n) is 5.46. The van der Waals surface area contributed by atoms with Gasteiger partial charge in [0.25, 0.3) is 0 Å². The Morgan fingerprint density at radius 3 is 3.10 bits per heavy atom. The van der Waals surface area contributed by atoms with Crippen molar-refractivity contribution >= 4 is 0 Å². The fourth-order valence-electron chi connectivity index (χ4n) is 1.58. The Morgan fingerprint density at radius 1 is 1.60 bits per heavy atom. The molecule has 2 saturated heterocycles. The highest BCUT2D eigenvalue weighted by Crippen LogP contribution is 2.23. The summed E-state index contributed by atoms with van der Waals surface area (Å²) in [6, 6.07) is -0.171. The minimum Gasteiger partial charge on any atom is -0.389 e. The van der Waals surface area contributed by atoms with E-state index in [1.54, 1.807) is 0 Å². The number of halogens is 1. The molecule has 4 heteroatoms. The van der Waals surface area contributed by atoms with Crippen LogP contribution >= 0.6 is 0 Å². The molecule has 4 atom stereocenters. The maximum absolute atomic E-state index is 12.8. The molecule has 2 N–H and O–H groups in total. The SMILES string of the molecule is O[C@H]1CO[C@H]2[C@@H]1NC[C@@H]2F. The lowest BCUT2D eigenvalue weighted by atomic mass is 10.1. The third-order valence-corrected chi connectivity index (χ3v) is 2.13. The first-order valence-corrected chi connectivity index (χ1v) is 3.46. The van der Waals surface area contributed by atoms with Gasteiger partial charge in [0.15, 0.2) is 0 Å². The predicted molar refractivity (Wildman–Crippen MR) is 32.4 cm³/mol. The van der Waals surface area contributed by atoms with Crippen LogP contribution in [0.15, 0.2) is 0 Å². The molecule has 0 unspecified atom stereocenters. The van der Waals surface area contributed by atoms with Gasteiger partial charge in [0, 0.05) is 6.54 Å². The lowest BCUT2D eigenvalue weighted by molar-refractivity contribution is 0.0496. The quantitative estimate of drug-likeness (QED) is 0.464. The van der Waals surface area contributed by atoms with Gasteiger partial charge in [-0.3, -0.25) is 0 Å². The molecule has 0 bridgehead atoms. The van der Waals surface area contributed by atoms with E-state index in [1.807, 2.05) is 0 Å². The molecule has 2 aliphatic heterocycles. The second kappa shape index (κ2) is 2.15. The Morgan fingerprint density at radius 2 is 2.40 bits per heavy atom. The summed E-state index contributed by atoms with van der Waals surface area (Å²) in [5, 5.41) is 12.0. The van der Waals surface area contributed by atoms with Crippen LogP contribution in [0.5, 0.6) is 0 Å². The van der Waals surface area contributed by atoms with Crippen molar-refractivity contribution in [3.05, 3.63) is 0 Å². The Hall–Kier alpha value is -0.190. The van der Waals surface area contributed by atoms with Crippen molar-refractivity contribution in [2.24, 2.45) is 0 Å². The topological polar surface area (TPSA) is 41.5 Å². The minimum atomic E-state index is -0.942. The summed E-state index contributed by atoms with van der Waals surface area (Å²) in [5.41, 5.74) is 0. The van der Waals surface area contributed by atoms with Gasteiger partial charge < -0.3 is 15.2 Å². The van der Waals surface area contributed by atoms with E-state index in [9.17, 15) is 4.39 Å². The number of ether oxygens (including phenoxy) is 1. The van der Waals surface area contributed by atoms with Gasteiger partial charge in [0.2, 0.25) is 0 Å². The van der Waals surface area contributed by atoms with Crippen molar-refractivity contribution in [3.8, 4) is 0 Å². The molecule has 0 aromatic rings. The molecule has 10 heavy (non-hydrogen) atoms. The van der Waals surface area contributed by atoms with Gasteiger partial charge in [-0.25, -0.2) is 4.39 Å². The lowest BCUT2D eigenvalue weighted by Crippen LogP contribution is -2.36. The zero-order valence-corrected chi connectivity index (χ0v) is 5.46.